The molecule has 0 aliphatic carbocycles. The third-order valence-electron chi connectivity index (χ3n) is 5.30. The summed E-state index contributed by atoms with van der Waals surface area (Å²) in [5.41, 5.74) is 0.875. The van der Waals surface area contributed by atoms with Crippen LogP contribution in [-0.2, 0) is 10.2 Å². The Morgan fingerprint density at radius 3 is 2.15 bits per heavy atom. The monoisotopic (exact) mass is 366 g/mol. The van der Waals surface area contributed by atoms with E-state index in [1.165, 1.54) is 19.3 Å². The molecule has 0 amide bonds. The van der Waals surface area contributed by atoms with Crippen molar-refractivity contribution in [1.82, 2.24) is 0 Å². The van der Waals surface area contributed by atoms with Gasteiger partial charge in [0, 0.05) is 11.1 Å². The molecular weight excluding hydrogens is 336 g/mol. The minimum Gasteiger partial charge on any atom is -0.481 e. The molecule has 27 heavy (non-hydrogen) atoms. The molecule has 3 heteroatoms. The van der Waals surface area contributed by atoms with E-state index in [1.807, 2.05) is 24.3 Å². The smallest absolute Gasteiger partial charge is 0.313 e. The van der Waals surface area contributed by atoms with Gasteiger partial charge in [0.1, 0.15) is 0 Å². The first kappa shape index (κ1) is 20.9. The number of carboxylic acids is 1. The lowest BCUT2D eigenvalue weighted by Crippen LogP contribution is -2.32. The third-order valence-corrected chi connectivity index (χ3v) is 5.30. The van der Waals surface area contributed by atoms with E-state index in [9.17, 15) is 14.7 Å². The van der Waals surface area contributed by atoms with Gasteiger partial charge in [-0.15, -0.1) is 0 Å². The summed E-state index contributed by atoms with van der Waals surface area (Å²) in [4.78, 5) is 24.8. The Kier molecular flexibility index (Phi) is 7.78. The van der Waals surface area contributed by atoms with E-state index >= 15 is 0 Å². The molecule has 0 heterocycles. The molecule has 0 spiro atoms. The summed E-state index contributed by atoms with van der Waals surface area (Å²) in [6.45, 7) is 3.96. The average Bonchev–Trinajstić information content (AvgIpc) is 2.70. The van der Waals surface area contributed by atoms with Crippen molar-refractivity contribution in [3.63, 3.8) is 0 Å². The Labute approximate surface area is 162 Å². The summed E-state index contributed by atoms with van der Waals surface area (Å²) in [7, 11) is 0. The van der Waals surface area contributed by atoms with Crippen LogP contribution in [-0.4, -0.2) is 16.9 Å². The maximum Gasteiger partial charge on any atom is 0.313 e. The number of carbonyl (C=O) groups is 2. The predicted molar refractivity (Wildman–Crippen MR) is 109 cm³/mol. The van der Waals surface area contributed by atoms with E-state index in [-0.39, 0.29) is 5.78 Å². The lowest BCUT2D eigenvalue weighted by Gasteiger charge is -2.26. The van der Waals surface area contributed by atoms with Crippen molar-refractivity contribution in [3.8, 4) is 0 Å². The number of hydrogen-bond donors (Lipinski definition) is 1. The molecule has 144 valence electrons. The molecule has 0 aliphatic rings. The van der Waals surface area contributed by atoms with Crippen molar-refractivity contribution in [1.29, 1.82) is 0 Å². The molecule has 2 aromatic carbocycles. The number of carboxylic acid groups (broad SMARTS) is 1. The highest BCUT2D eigenvalue weighted by Crippen LogP contribution is 2.31. The van der Waals surface area contributed by atoms with Gasteiger partial charge in [-0.05, 0) is 25.0 Å². The van der Waals surface area contributed by atoms with E-state index in [1.54, 1.807) is 37.3 Å². The minimum atomic E-state index is -0.974. The zero-order valence-electron chi connectivity index (χ0n) is 16.4. The van der Waals surface area contributed by atoms with Gasteiger partial charge in [0.05, 0.1) is 5.41 Å². The molecule has 0 fully saturated rings. The normalized spacial score (nSPS) is 13.1. The summed E-state index contributed by atoms with van der Waals surface area (Å²) in [6.07, 6.45) is 7.30. The fraction of sp³-hybridized carbons (Fsp3) is 0.417. The van der Waals surface area contributed by atoms with Crippen LogP contribution in [0.5, 0.6) is 0 Å². The van der Waals surface area contributed by atoms with Crippen LogP contribution in [0.2, 0.25) is 0 Å². The first-order valence-electron chi connectivity index (χ1n) is 9.92. The van der Waals surface area contributed by atoms with Crippen molar-refractivity contribution < 1.29 is 14.7 Å². The molecule has 0 saturated carbocycles. The average molecular weight is 367 g/mol. The fourth-order valence-corrected chi connectivity index (χ4v) is 3.39. The van der Waals surface area contributed by atoms with E-state index in [2.05, 4.69) is 6.92 Å². The molecule has 0 aliphatic heterocycles. The van der Waals surface area contributed by atoms with Crippen LogP contribution in [0, 0.1) is 0 Å². The standard InChI is InChI=1S/C24H30O3/c1-3-4-5-6-7-11-17-24(2,23(26)27)21-16-12-15-20(18-21)22(25)19-13-9-8-10-14-19/h8-10,12-16,18H,3-7,11,17H2,1-2H3,(H,26,27). The zero-order valence-corrected chi connectivity index (χ0v) is 16.4. The maximum atomic E-state index is 12.7. The van der Waals surface area contributed by atoms with Crippen LogP contribution in [0.1, 0.15) is 80.3 Å². The molecule has 0 radical (unpaired) electrons. The van der Waals surface area contributed by atoms with Crippen molar-refractivity contribution >= 4 is 11.8 Å². The van der Waals surface area contributed by atoms with E-state index in [0.29, 0.717) is 23.1 Å². The number of ketones is 1. The van der Waals surface area contributed by atoms with Gasteiger partial charge in [-0.25, -0.2) is 0 Å². The molecule has 0 aromatic heterocycles. The summed E-state index contributed by atoms with van der Waals surface area (Å²) in [5.74, 6) is -0.912. The summed E-state index contributed by atoms with van der Waals surface area (Å²) in [6, 6.07) is 16.2. The molecule has 2 aromatic rings. The van der Waals surface area contributed by atoms with Crippen molar-refractivity contribution in [2.45, 2.75) is 64.2 Å². The fourth-order valence-electron chi connectivity index (χ4n) is 3.39. The third kappa shape index (κ3) is 5.53. The molecule has 0 bridgehead atoms. The Balaban J connectivity index is 2.15. The Morgan fingerprint density at radius 2 is 1.48 bits per heavy atom. The second-order valence-corrected chi connectivity index (χ2v) is 7.43. The largest absolute Gasteiger partial charge is 0.481 e. The lowest BCUT2D eigenvalue weighted by atomic mass is 9.77. The molecule has 1 unspecified atom stereocenters. The van der Waals surface area contributed by atoms with Crippen LogP contribution in [0.4, 0.5) is 0 Å². The number of carbonyl (C=O) groups excluding carboxylic acids is 1. The van der Waals surface area contributed by atoms with Gasteiger partial charge in [0.25, 0.3) is 0 Å². The number of rotatable bonds is 11. The van der Waals surface area contributed by atoms with Crippen LogP contribution in [0.3, 0.4) is 0 Å². The summed E-state index contributed by atoms with van der Waals surface area (Å²) < 4.78 is 0. The minimum absolute atomic E-state index is 0.0789. The van der Waals surface area contributed by atoms with Gasteiger partial charge in [-0.3, -0.25) is 9.59 Å². The van der Waals surface area contributed by atoms with Crippen LogP contribution >= 0.6 is 0 Å². The number of hydrogen-bond acceptors (Lipinski definition) is 2. The summed E-state index contributed by atoms with van der Waals surface area (Å²) in [5, 5.41) is 9.89. The predicted octanol–water partition coefficient (Wildman–Crippen LogP) is 6.01. The van der Waals surface area contributed by atoms with Crippen LogP contribution < -0.4 is 0 Å². The first-order valence-corrected chi connectivity index (χ1v) is 9.92. The Hall–Kier alpha value is -2.42. The second-order valence-electron chi connectivity index (χ2n) is 7.43. The van der Waals surface area contributed by atoms with E-state index in [4.69, 9.17) is 0 Å². The lowest BCUT2D eigenvalue weighted by molar-refractivity contribution is -0.143. The first-order chi connectivity index (χ1) is 13.0. The quantitative estimate of drug-likeness (QED) is 0.391. The highest BCUT2D eigenvalue weighted by Gasteiger charge is 2.35. The highest BCUT2D eigenvalue weighted by atomic mass is 16.4. The van der Waals surface area contributed by atoms with E-state index < -0.39 is 11.4 Å². The molecule has 0 saturated heterocycles. The molecule has 1 N–H and O–H groups in total. The molecule has 3 nitrogen and oxygen atoms in total. The van der Waals surface area contributed by atoms with Crippen LogP contribution in [0.15, 0.2) is 54.6 Å². The number of benzene rings is 2. The molecule has 1 atom stereocenters. The summed E-state index contributed by atoms with van der Waals surface area (Å²) >= 11 is 0. The Bertz CT molecular complexity index is 751. The topological polar surface area (TPSA) is 54.4 Å². The second kappa shape index (κ2) is 10.1. The van der Waals surface area contributed by atoms with Gasteiger partial charge in [0.15, 0.2) is 5.78 Å². The van der Waals surface area contributed by atoms with Crippen molar-refractivity contribution in [2.24, 2.45) is 0 Å². The van der Waals surface area contributed by atoms with Crippen molar-refractivity contribution in [2.75, 3.05) is 0 Å². The van der Waals surface area contributed by atoms with Crippen LogP contribution in [0.25, 0.3) is 0 Å². The van der Waals surface area contributed by atoms with Gasteiger partial charge in [-0.2, -0.15) is 0 Å². The highest BCUT2D eigenvalue weighted by molar-refractivity contribution is 6.09. The number of aliphatic carboxylic acids is 1. The molecule has 2 rings (SSSR count). The maximum absolute atomic E-state index is 12.7. The van der Waals surface area contributed by atoms with Gasteiger partial charge in [-0.1, -0.05) is 94.0 Å². The SMILES string of the molecule is CCCCCCCCC(C)(C(=O)O)c1cccc(C(=O)c2ccccc2)c1. The number of unbranched alkanes of at least 4 members (excludes halogenated alkanes) is 5. The Morgan fingerprint density at radius 1 is 0.852 bits per heavy atom. The van der Waals surface area contributed by atoms with Gasteiger partial charge in [0.2, 0.25) is 0 Å². The zero-order chi connectivity index (χ0) is 19.7. The van der Waals surface area contributed by atoms with Crippen molar-refractivity contribution in [3.05, 3.63) is 71.3 Å². The molecular formula is C24H30O3. The van der Waals surface area contributed by atoms with Gasteiger partial charge >= 0.3 is 5.97 Å². The van der Waals surface area contributed by atoms with Gasteiger partial charge < -0.3 is 5.11 Å². The van der Waals surface area contributed by atoms with E-state index in [0.717, 1.165) is 19.3 Å².